The molecule has 0 saturated carbocycles. The first kappa shape index (κ1) is 23.7. The van der Waals surface area contributed by atoms with Gasteiger partial charge in [0, 0.05) is 49.9 Å². The van der Waals surface area contributed by atoms with Gasteiger partial charge in [0.2, 0.25) is 5.91 Å². The van der Waals surface area contributed by atoms with E-state index in [2.05, 4.69) is 39.5 Å². The Morgan fingerprint density at radius 3 is 2.38 bits per heavy atom. The normalized spacial score (nSPS) is 15.4. The summed E-state index contributed by atoms with van der Waals surface area (Å²) in [7, 11) is 1.58. The summed E-state index contributed by atoms with van der Waals surface area (Å²) in [4.78, 5) is 34.9. The van der Waals surface area contributed by atoms with E-state index in [-0.39, 0.29) is 17.7 Å². The molecule has 1 N–H and O–H groups in total. The molecule has 1 aliphatic rings. The third kappa shape index (κ3) is 5.37. The molecule has 0 spiro atoms. The number of fused-ring (bicyclic) bond motifs is 1. The minimum absolute atomic E-state index is 0.0190. The van der Waals surface area contributed by atoms with Crippen molar-refractivity contribution in [1.29, 1.82) is 0 Å². The second kappa shape index (κ2) is 10.7. The average Bonchev–Trinajstić information content (AvgIpc) is 2.87. The van der Waals surface area contributed by atoms with Gasteiger partial charge in [-0.15, -0.1) is 0 Å². The number of pyridine rings is 1. The Kier molecular flexibility index (Phi) is 7.43. The predicted molar refractivity (Wildman–Crippen MR) is 133 cm³/mol. The molecular weight excluding hydrogens is 428 g/mol. The van der Waals surface area contributed by atoms with Crippen LogP contribution in [0.1, 0.15) is 29.8 Å². The van der Waals surface area contributed by atoms with E-state index < -0.39 is 6.04 Å². The molecule has 0 aliphatic carbocycles. The fourth-order valence-corrected chi connectivity index (χ4v) is 4.34. The highest BCUT2D eigenvalue weighted by Gasteiger charge is 2.31. The van der Waals surface area contributed by atoms with E-state index in [1.165, 1.54) is 5.56 Å². The van der Waals surface area contributed by atoms with E-state index >= 15 is 0 Å². The van der Waals surface area contributed by atoms with Gasteiger partial charge in [-0.3, -0.25) is 19.5 Å². The summed E-state index contributed by atoms with van der Waals surface area (Å²) in [5, 5.41) is 4.09. The lowest BCUT2D eigenvalue weighted by Gasteiger charge is -2.37. The second-order valence-electron chi connectivity index (χ2n) is 9.02. The predicted octanol–water partition coefficient (Wildman–Crippen LogP) is 3.34. The summed E-state index contributed by atoms with van der Waals surface area (Å²) in [5.41, 5.74) is 2.74. The van der Waals surface area contributed by atoms with Crippen LogP contribution in [0.15, 0.2) is 60.8 Å². The summed E-state index contributed by atoms with van der Waals surface area (Å²) in [5.74, 6) is 0.389. The molecule has 2 amide bonds. The summed E-state index contributed by atoms with van der Waals surface area (Å²) >= 11 is 0. The number of piperazine rings is 1. The number of nitrogens with zero attached hydrogens (tertiary/aromatic N) is 3. The first-order chi connectivity index (χ1) is 16.5. The maximum absolute atomic E-state index is 13.3. The molecule has 1 saturated heterocycles. The molecule has 0 radical (unpaired) electrons. The first-order valence-electron chi connectivity index (χ1n) is 11.7. The van der Waals surface area contributed by atoms with Gasteiger partial charge in [0.15, 0.2) is 0 Å². The minimum Gasteiger partial charge on any atom is -0.497 e. The van der Waals surface area contributed by atoms with Crippen LogP contribution in [-0.2, 0) is 11.3 Å². The van der Waals surface area contributed by atoms with Crippen molar-refractivity contribution >= 4 is 22.7 Å². The quantitative estimate of drug-likeness (QED) is 0.585. The van der Waals surface area contributed by atoms with Crippen LogP contribution in [0.5, 0.6) is 5.75 Å². The van der Waals surface area contributed by atoms with Gasteiger partial charge in [-0.25, -0.2) is 0 Å². The van der Waals surface area contributed by atoms with Crippen molar-refractivity contribution in [3.8, 4) is 5.75 Å². The van der Waals surface area contributed by atoms with E-state index in [4.69, 9.17) is 4.74 Å². The highest BCUT2D eigenvalue weighted by Crippen LogP contribution is 2.19. The van der Waals surface area contributed by atoms with Crippen LogP contribution in [0.4, 0.5) is 0 Å². The minimum atomic E-state index is -0.566. The Hall–Kier alpha value is -3.45. The monoisotopic (exact) mass is 460 g/mol. The summed E-state index contributed by atoms with van der Waals surface area (Å²) in [6, 6.07) is 16.6. The molecular formula is C27H32N4O3. The highest BCUT2D eigenvalue weighted by molar-refractivity contribution is 5.97. The van der Waals surface area contributed by atoms with Crippen molar-refractivity contribution in [3.63, 3.8) is 0 Å². The number of carbonyl (C=O) groups excluding carboxylic acids is 2. The zero-order valence-electron chi connectivity index (χ0n) is 20.0. The molecule has 1 unspecified atom stereocenters. The number of rotatable bonds is 7. The summed E-state index contributed by atoms with van der Waals surface area (Å²) < 4.78 is 5.15. The van der Waals surface area contributed by atoms with Gasteiger partial charge >= 0.3 is 0 Å². The first-order valence-corrected chi connectivity index (χ1v) is 11.7. The number of ether oxygens (including phenoxy) is 1. The molecule has 7 heteroatoms. The Morgan fingerprint density at radius 2 is 1.71 bits per heavy atom. The lowest BCUT2D eigenvalue weighted by Crippen LogP contribution is -2.56. The van der Waals surface area contributed by atoms with Crippen molar-refractivity contribution < 1.29 is 14.3 Å². The van der Waals surface area contributed by atoms with Gasteiger partial charge in [0.1, 0.15) is 11.8 Å². The maximum Gasteiger partial charge on any atom is 0.251 e. The zero-order chi connectivity index (χ0) is 24.1. The Morgan fingerprint density at radius 1 is 1.00 bits per heavy atom. The topological polar surface area (TPSA) is 74.8 Å². The fourth-order valence-electron chi connectivity index (χ4n) is 4.34. The lowest BCUT2D eigenvalue weighted by atomic mass is 10.0. The molecule has 0 bridgehead atoms. The number of carbonyl (C=O) groups is 2. The molecule has 178 valence electrons. The van der Waals surface area contributed by atoms with Crippen molar-refractivity contribution in [2.75, 3.05) is 33.3 Å². The van der Waals surface area contributed by atoms with Gasteiger partial charge in [-0.1, -0.05) is 38.1 Å². The standard InChI is InChI=1S/C27H32N4O3/c1-19(2)24(29-26(32)21-9-11-23(34-3)12-10-21)27(33)31-16-14-30(15-17-31)18-22-7-4-6-20-8-5-13-28-25(20)22/h4-13,19,24H,14-18H2,1-3H3,(H,29,32). The fraction of sp³-hybridized carbons (Fsp3) is 0.370. The number of amides is 2. The van der Waals surface area contributed by atoms with Gasteiger partial charge in [0.25, 0.3) is 5.91 Å². The molecule has 1 atom stereocenters. The van der Waals surface area contributed by atoms with Crippen LogP contribution in [0.3, 0.4) is 0 Å². The van der Waals surface area contributed by atoms with Gasteiger partial charge in [-0.2, -0.15) is 0 Å². The molecule has 2 heterocycles. The van der Waals surface area contributed by atoms with Crippen LogP contribution < -0.4 is 10.1 Å². The average molecular weight is 461 g/mol. The van der Waals surface area contributed by atoms with Gasteiger partial charge in [0.05, 0.1) is 12.6 Å². The van der Waals surface area contributed by atoms with Crippen LogP contribution in [0.25, 0.3) is 10.9 Å². The van der Waals surface area contributed by atoms with Crippen LogP contribution in [-0.4, -0.2) is 65.9 Å². The second-order valence-corrected chi connectivity index (χ2v) is 9.02. The number of para-hydroxylation sites is 1. The highest BCUT2D eigenvalue weighted by atomic mass is 16.5. The Bertz CT molecular complexity index is 1130. The van der Waals surface area contributed by atoms with E-state index in [1.807, 2.05) is 31.0 Å². The van der Waals surface area contributed by atoms with E-state index in [9.17, 15) is 9.59 Å². The number of nitrogens with one attached hydrogen (secondary N) is 1. The summed E-state index contributed by atoms with van der Waals surface area (Å²) in [6.45, 7) is 7.56. The third-order valence-electron chi connectivity index (χ3n) is 6.37. The lowest BCUT2D eigenvalue weighted by molar-refractivity contribution is -0.136. The Labute approximate surface area is 200 Å². The molecule has 7 nitrogen and oxygen atoms in total. The van der Waals surface area contributed by atoms with E-state index in [0.717, 1.165) is 30.5 Å². The number of aromatic nitrogens is 1. The van der Waals surface area contributed by atoms with E-state index in [1.54, 1.807) is 31.4 Å². The van der Waals surface area contributed by atoms with Crippen molar-refractivity contribution in [2.45, 2.75) is 26.4 Å². The number of hydrogen-bond donors (Lipinski definition) is 1. The largest absolute Gasteiger partial charge is 0.497 e. The number of hydrogen-bond acceptors (Lipinski definition) is 5. The molecule has 3 aromatic rings. The SMILES string of the molecule is COc1ccc(C(=O)NC(C(=O)N2CCN(Cc3cccc4cccnc34)CC2)C(C)C)cc1. The van der Waals surface area contributed by atoms with Crippen molar-refractivity contribution in [2.24, 2.45) is 5.92 Å². The maximum atomic E-state index is 13.3. The zero-order valence-corrected chi connectivity index (χ0v) is 20.0. The number of benzene rings is 2. The molecule has 34 heavy (non-hydrogen) atoms. The van der Waals surface area contributed by atoms with Crippen LogP contribution in [0.2, 0.25) is 0 Å². The molecule has 2 aromatic carbocycles. The third-order valence-corrected chi connectivity index (χ3v) is 6.37. The smallest absolute Gasteiger partial charge is 0.251 e. The van der Waals surface area contributed by atoms with E-state index in [0.29, 0.717) is 24.4 Å². The van der Waals surface area contributed by atoms with Crippen LogP contribution >= 0.6 is 0 Å². The van der Waals surface area contributed by atoms with Crippen molar-refractivity contribution in [1.82, 2.24) is 20.1 Å². The Balaban J connectivity index is 1.36. The molecule has 4 rings (SSSR count). The van der Waals surface area contributed by atoms with Gasteiger partial charge < -0.3 is 15.0 Å². The molecule has 1 aromatic heterocycles. The number of methoxy groups -OCH3 is 1. The molecule has 1 aliphatic heterocycles. The van der Waals surface area contributed by atoms with Crippen molar-refractivity contribution in [3.05, 3.63) is 71.9 Å². The van der Waals surface area contributed by atoms with Crippen LogP contribution in [0, 0.1) is 5.92 Å². The summed E-state index contributed by atoms with van der Waals surface area (Å²) in [6.07, 6.45) is 1.83. The van der Waals surface area contributed by atoms with Gasteiger partial charge in [-0.05, 0) is 41.8 Å². The molecule has 1 fully saturated rings.